The maximum atomic E-state index is 9.99. The number of hydrogen-bond acceptors (Lipinski definition) is 3. The van der Waals surface area contributed by atoms with Gasteiger partial charge in [-0.05, 0) is 33.0 Å². The summed E-state index contributed by atoms with van der Waals surface area (Å²) in [6.45, 7) is 12.2. The van der Waals surface area contributed by atoms with E-state index >= 15 is 0 Å². The van der Waals surface area contributed by atoms with Gasteiger partial charge in [0, 0.05) is 0 Å². The molecule has 1 aliphatic heterocycles. The van der Waals surface area contributed by atoms with Crippen molar-refractivity contribution in [3.63, 3.8) is 0 Å². The first-order chi connectivity index (χ1) is 7.04. The minimum absolute atomic E-state index is 0.214. The molecule has 0 aromatic carbocycles. The highest BCUT2D eigenvalue weighted by molar-refractivity contribution is 7.33. The lowest BCUT2D eigenvalue weighted by Crippen LogP contribution is -2.44. The van der Waals surface area contributed by atoms with Crippen LogP contribution in [0.15, 0.2) is 0 Å². The molecule has 0 unspecified atom stereocenters. The van der Waals surface area contributed by atoms with Crippen LogP contribution in [-0.2, 0) is 9.31 Å². The molecule has 1 heterocycles. The summed E-state index contributed by atoms with van der Waals surface area (Å²) >= 11 is 0. The highest BCUT2D eigenvalue weighted by Crippen LogP contribution is 2.36. The fraction of sp³-hybridized carbons (Fsp3) is 1.00. The molecule has 6 heteroatoms. The second-order valence-corrected chi connectivity index (χ2v) is 6.20. The zero-order chi connectivity index (χ0) is 12.6. The molecule has 88 valence electrons. The maximum absolute atomic E-state index is 9.99. The van der Waals surface area contributed by atoms with Crippen molar-refractivity contribution in [2.24, 2.45) is 0 Å². The minimum atomic E-state index is -0.766. The Bertz CT molecular complexity index is 248. The molecule has 0 amide bonds. The van der Waals surface area contributed by atoms with Crippen LogP contribution in [0.2, 0.25) is 5.31 Å². The van der Waals surface area contributed by atoms with Crippen LogP contribution in [0.5, 0.6) is 0 Å². The van der Waals surface area contributed by atoms with E-state index in [1.54, 1.807) is 13.8 Å². The van der Waals surface area contributed by atoms with Crippen LogP contribution in [0.3, 0.4) is 0 Å². The Hall–Kier alpha value is 0.0748. The smallest absolute Gasteiger partial charge is 0.388 e. The van der Waals surface area contributed by atoms with Crippen LogP contribution in [0.4, 0.5) is 0 Å². The SMILES string of the molecule is CC1(C)COB([B][B]C(C)(C)C(C)(C)O)O1. The quantitative estimate of drug-likeness (QED) is 0.723. The summed E-state index contributed by atoms with van der Waals surface area (Å²) in [4.78, 5) is 0. The van der Waals surface area contributed by atoms with Gasteiger partial charge in [-0.1, -0.05) is 13.8 Å². The third kappa shape index (κ3) is 3.54. The summed E-state index contributed by atoms with van der Waals surface area (Å²) in [5.41, 5.74) is -0.981. The van der Waals surface area contributed by atoms with E-state index in [4.69, 9.17) is 9.31 Å². The van der Waals surface area contributed by atoms with Gasteiger partial charge >= 0.3 is 7.01 Å². The first kappa shape index (κ1) is 14.1. The molecule has 0 aliphatic carbocycles. The van der Waals surface area contributed by atoms with Gasteiger partial charge in [0.15, 0.2) is 0 Å². The first-order valence-electron chi connectivity index (χ1n) is 5.75. The molecular formula is C10H21B3O3. The van der Waals surface area contributed by atoms with Crippen molar-refractivity contribution < 1.29 is 14.4 Å². The van der Waals surface area contributed by atoms with E-state index in [1.807, 2.05) is 41.9 Å². The van der Waals surface area contributed by atoms with Crippen molar-refractivity contribution in [2.75, 3.05) is 6.61 Å². The van der Waals surface area contributed by atoms with E-state index in [0.717, 1.165) is 0 Å². The van der Waals surface area contributed by atoms with Gasteiger partial charge in [-0.2, -0.15) is 0 Å². The molecule has 1 aliphatic rings. The van der Waals surface area contributed by atoms with Gasteiger partial charge in [-0.3, -0.25) is 0 Å². The van der Waals surface area contributed by atoms with Gasteiger partial charge in [-0.25, -0.2) is 0 Å². The molecule has 0 aromatic heterocycles. The van der Waals surface area contributed by atoms with Crippen molar-refractivity contribution in [1.29, 1.82) is 0 Å². The second-order valence-electron chi connectivity index (χ2n) is 6.20. The molecule has 1 rings (SSSR count). The maximum Gasteiger partial charge on any atom is 0.388 e. The van der Waals surface area contributed by atoms with E-state index in [2.05, 4.69) is 0 Å². The van der Waals surface area contributed by atoms with Crippen LogP contribution >= 0.6 is 0 Å². The topological polar surface area (TPSA) is 38.7 Å². The van der Waals surface area contributed by atoms with E-state index in [0.29, 0.717) is 6.61 Å². The summed E-state index contributed by atoms with van der Waals surface area (Å²) < 4.78 is 11.2. The summed E-state index contributed by atoms with van der Waals surface area (Å²) in [7, 11) is 3.54. The molecule has 0 spiro atoms. The molecule has 1 fully saturated rings. The summed E-state index contributed by atoms with van der Waals surface area (Å²) in [5, 5.41) is 9.68. The normalized spacial score (nSPS) is 21.1. The third-order valence-corrected chi connectivity index (χ3v) is 3.28. The van der Waals surface area contributed by atoms with E-state index in [9.17, 15) is 5.11 Å². The van der Waals surface area contributed by atoms with Crippen LogP contribution in [0.1, 0.15) is 41.5 Å². The van der Waals surface area contributed by atoms with Gasteiger partial charge in [0.2, 0.25) is 0 Å². The van der Waals surface area contributed by atoms with Crippen molar-refractivity contribution in [3.05, 3.63) is 0 Å². The average molecular weight is 222 g/mol. The van der Waals surface area contributed by atoms with Gasteiger partial charge in [0.1, 0.15) is 7.06 Å². The monoisotopic (exact) mass is 222 g/mol. The van der Waals surface area contributed by atoms with Gasteiger partial charge in [-0.15, -0.1) is 0 Å². The highest BCUT2D eigenvalue weighted by atomic mass is 16.6. The molecule has 1 saturated heterocycles. The van der Waals surface area contributed by atoms with Crippen LogP contribution < -0.4 is 0 Å². The molecule has 0 atom stereocenters. The van der Waals surface area contributed by atoms with E-state index < -0.39 is 5.60 Å². The van der Waals surface area contributed by atoms with Crippen LogP contribution in [-0.4, -0.2) is 44.2 Å². The lowest BCUT2D eigenvalue weighted by Gasteiger charge is -2.37. The Balaban J connectivity index is 2.42. The zero-order valence-electron chi connectivity index (χ0n) is 11.2. The lowest BCUT2D eigenvalue weighted by atomic mass is 9.15. The van der Waals surface area contributed by atoms with E-state index in [1.165, 1.54) is 0 Å². The van der Waals surface area contributed by atoms with Crippen molar-refractivity contribution in [3.8, 4) is 0 Å². The van der Waals surface area contributed by atoms with Crippen molar-refractivity contribution in [1.82, 2.24) is 0 Å². The van der Waals surface area contributed by atoms with Crippen molar-refractivity contribution >= 4 is 21.2 Å². The largest absolute Gasteiger partial charge is 0.416 e. The lowest BCUT2D eigenvalue weighted by molar-refractivity contribution is 0.0414. The number of aliphatic hydroxyl groups is 1. The van der Waals surface area contributed by atoms with Crippen LogP contribution in [0.25, 0.3) is 0 Å². The highest BCUT2D eigenvalue weighted by Gasteiger charge is 2.40. The number of hydrogen-bond donors (Lipinski definition) is 1. The molecular weight excluding hydrogens is 201 g/mol. The molecule has 2 radical (unpaired) electrons. The summed E-state index contributed by atoms with van der Waals surface area (Å²) in [6, 6.07) is 0. The molecule has 1 N–H and O–H groups in total. The van der Waals surface area contributed by atoms with Gasteiger partial charge < -0.3 is 14.4 Å². The minimum Gasteiger partial charge on any atom is -0.416 e. The second kappa shape index (κ2) is 4.39. The standard InChI is InChI=1S/C10H21B3O3/c1-8(2)7-15-13(16-8)12-11-9(3,4)10(5,6)14/h14H,7H2,1-6H3. The molecule has 3 nitrogen and oxygen atoms in total. The van der Waals surface area contributed by atoms with E-state index in [-0.39, 0.29) is 17.9 Å². The molecule has 0 bridgehead atoms. The number of rotatable bonds is 4. The molecule has 0 aromatic rings. The summed E-state index contributed by atoms with van der Waals surface area (Å²) in [6.07, 6.45) is 0. The fourth-order valence-electron chi connectivity index (χ4n) is 1.28. The average Bonchev–Trinajstić information content (AvgIpc) is 2.40. The Morgan fingerprint density at radius 3 is 2.19 bits per heavy atom. The van der Waals surface area contributed by atoms with Crippen molar-refractivity contribution in [2.45, 2.75) is 58.1 Å². The van der Waals surface area contributed by atoms with Crippen LogP contribution in [0, 0.1) is 0 Å². The fourth-order valence-corrected chi connectivity index (χ4v) is 1.28. The Morgan fingerprint density at radius 2 is 1.81 bits per heavy atom. The molecule has 0 saturated carbocycles. The summed E-state index contributed by atoms with van der Waals surface area (Å²) in [5.74, 6) is 0. The zero-order valence-corrected chi connectivity index (χ0v) is 11.2. The Kier molecular flexibility index (Phi) is 3.88. The third-order valence-electron chi connectivity index (χ3n) is 3.28. The Labute approximate surface area is 101 Å². The predicted octanol–water partition coefficient (Wildman–Crippen LogP) is 1.09. The predicted molar refractivity (Wildman–Crippen MR) is 68.7 cm³/mol. The van der Waals surface area contributed by atoms with Gasteiger partial charge in [0.25, 0.3) is 0 Å². The molecule has 16 heavy (non-hydrogen) atoms. The Morgan fingerprint density at radius 1 is 1.25 bits per heavy atom. The first-order valence-corrected chi connectivity index (χ1v) is 5.75. The van der Waals surface area contributed by atoms with Gasteiger partial charge in [0.05, 0.1) is 25.0 Å².